The van der Waals surface area contributed by atoms with Crippen molar-refractivity contribution in [1.82, 2.24) is 19.4 Å². The SMILES string of the molecule is CC1CC(C)CN(C(=O)C(C)Sc2nc3ccccc3c(=O)n2Cc2cccnc2)C1. The number of hydrogen-bond acceptors (Lipinski definition) is 5. The number of carbonyl (C=O) groups excluding carboxylic acids is 1. The van der Waals surface area contributed by atoms with Gasteiger partial charge in [-0.25, -0.2) is 4.98 Å². The van der Waals surface area contributed by atoms with E-state index in [1.807, 2.05) is 42.2 Å². The second-order valence-corrected chi connectivity index (χ2v) is 9.92. The molecule has 0 aliphatic carbocycles. The average molecular weight is 437 g/mol. The third-order valence-corrected chi connectivity index (χ3v) is 6.78. The minimum Gasteiger partial charge on any atom is -0.341 e. The lowest BCUT2D eigenvalue weighted by Crippen LogP contribution is -2.45. The zero-order valence-electron chi connectivity index (χ0n) is 18.2. The van der Waals surface area contributed by atoms with Gasteiger partial charge in [0.25, 0.3) is 5.56 Å². The highest BCUT2D eigenvalue weighted by Crippen LogP contribution is 2.27. The number of aromatic nitrogens is 3. The Bertz CT molecular complexity index is 1120. The lowest BCUT2D eigenvalue weighted by Gasteiger charge is -2.36. The van der Waals surface area contributed by atoms with E-state index in [1.54, 1.807) is 23.0 Å². The molecule has 1 aromatic carbocycles. The summed E-state index contributed by atoms with van der Waals surface area (Å²) in [6, 6.07) is 11.2. The number of likely N-dealkylation sites (tertiary alicyclic amines) is 1. The van der Waals surface area contributed by atoms with Gasteiger partial charge in [0.15, 0.2) is 5.16 Å². The fraction of sp³-hybridized carbons (Fsp3) is 0.417. The quantitative estimate of drug-likeness (QED) is 0.449. The molecule has 3 unspecified atom stereocenters. The molecule has 1 aliphatic rings. The molecule has 162 valence electrons. The van der Waals surface area contributed by atoms with Crippen molar-refractivity contribution in [2.24, 2.45) is 11.8 Å². The molecular formula is C24H28N4O2S. The van der Waals surface area contributed by atoms with Crippen LogP contribution >= 0.6 is 11.8 Å². The monoisotopic (exact) mass is 436 g/mol. The van der Waals surface area contributed by atoms with Crippen molar-refractivity contribution in [3.63, 3.8) is 0 Å². The summed E-state index contributed by atoms with van der Waals surface area (Å²) in [5.74, 6) is 1.12. The first kappa shape index (κ1) is 21.6. The van der Waals surface area contributed by atoms with Gasteiger partial charge < -0.3 is 4.90 Å². The van der Waals surface area contributed by atoms with Crippen LogP contribution in [0.15, 0.2) is 58.7 Å². The molecule has 3 heterocycles. The Labute approximate surface area is 186 Å². The zero-order chi connectivity index (χ0) is 22.0. The molecule has 0 saturated carbocycles. The Morgan fingerprint density at radius 2 is 1.90 bits per heavy atom. The van der Waals surface area contributed by atoms with Crippen LogP contribution in [0.4, 0.5) is 0 Å². The number of piperidine rings is 1. The minimum atomic E-state index is -0.328. The number of nitrogens with zero attached hydrogens (tertiary/aromatic N) is 4. The number of thioether (sulfide) groups is 1. The largest absolute Gasteiger partial charge is 0.341 e. The van der Waals surface area contributed by atoms with Crippen LogP contribution in [0.5, 0.6) is 0 Å². The smallest absolute Gasteiger partial charge is 0.262 e. The van der Waals surface area contributed by atoms with Crippen molar-refractivity contribution >= 4 is 28.6 Å². The first-order valence-corrected chi connectivity index (χ1v) is 11.6. The highest BCUT2D eigenvalue weighted by Gasteiger charge is 2.29. The Morgan fingerprint density at radius 3 is 2.61 bits per heavy atom. The number of benzene rings is 1. The molecule has 1 saturated heterocycles. The van der Waals surface area contributed by atoms with Gasteiger partial charge >= 0.3 is 0 Å². The van der Waals surface area contributed by atoms with E-state index in [9.17, 15) is 9.59 Å². The van der Waals surface area contributed by atoms with E-state index in [0.717, 1.165) is 25.1 Å². The van der Waals surface area contributed by atoms with Crippen LogP contribution in [0.25, 0.3) is 10.9 Å². The van der Waals surface area contributed by atoms with Crippen molar-refractivity contribution < 1.29 is 4.79 Å². The third kappa shape index (κ3) is 4.82. The van der Waals surface area contributed by atoms with Crippen molar-refractivity contribution in [1.29, 1.82) is 0 Å². The summed E-state index contributed by atoms with van der Waals surface area (Å²) >= 11 is 1.36. The summed E-state index contributed by atoms with van der Waals surface area (Å²) in [5, 5.41) is 0.811. The van der Waals surface area contributed by atoms with E-state index in [0.29, 0.717) is 34.4 Å². The molecule has 0 bridgehead atoms. The van der Waals surface area contributed by atoms with Crippen LogP contribution < -0.4 is 5.56 Å². The molecule has 6 nitrogen and oxygen atoms in total. The van der Waals surface area contributed by atoms with Gasteiger partial charge in [0.05, 0.1) is 22.7 Å². The van der Waals surface area contributed by atoms with Crippen LogP contribution in [0, 0.1) is 11.8 Å². The number of rotatable bonds is 5. The van der Waals surface area contributed by atoms with Crippen LogP contribution in [0.2, 0.25) is 0 Å². The number of amides is 1. The zero-order valence-corrected chi connectivity index (χ0v) is 19.0. The summed E-state index contributed by atoms with van der Waals surface area (Å²) < 4.78 is 1.66. The van der Waals surface area contributed by atoms with Crippen molar-refractivity contribution in [2.75, 3.05) is 13.1 Å². The molecule has 0 radical (unpaired) electrons. The van der Waals surface area contributed by atoms with Crippen molar-refractivity contribution in [3.8, 4) is 0 Å². The summed E-state index contributed by atoms with van der Waals surface area (Å²) in [6.07, 6.45) is 4.62. The standard InChI is InChI=1S/C24H28N4O2S/c1-16-11-17(2)14-27(13-16)22(29)18(3)31-24-26-21-9-5-4-8-20(21)23(30)28(24)15-19-7-6-10-25-12-19/h4-10,12,16-18H,11,13-15H2,1-3H3. The van der Waals surface area contributed by atoms with Crippen LogP contribution in [-0.2, 0) is 11.3 Å². The minimum absolute atomic E-state index is 0.100. The Kier molecular flexibility index (Phi) is 6.41. The fourth-order valence-corrected chi connectivity index (χ4v) is 5.35. The summed E-state index contributed by atoms with van der Waals surface area (Å²) in [7, 11) is 0. The maximum Gasteiger partial charge on any atom is 0.262 e. The molecule has 1 fully saturated rings. The topological polar surface area (TPSA) is 68.1 Å². The average Bonchev–Trinajstić information content (AvgIpc) is 2.76. The molecule has 7 heteroatoms. The summed E-state index contributed by atoms with van der Waals surface area (Å²) in [5.41, 5.74) is 1.47. The molecule has 3 aromatic rings. The molecule has 4 rings (SSSR count). The second kappa shape index (κ2) is 9.22. The molecule has 2 aromatic heterocycles. The summed E-state index contributed by atoms with van der Waals surface area (Å²) in [6.45, 7) is 8.26. The normalized spacial score (nSPS) is 20.0. The number of fused-ring (bicyclic) bond motifs is 1. The summed E-state index contributed by atoms with van der Waals surface area (Å²) in [4.78, 5) is 37.4. The predicted molar refractivity (Wildman–Crippen MR) is 124 cm³/mol. The molecular weight excluding hydrogens is 408 g/mol. The lowest BCUT2D eigenvalue weighted by molar-refractivity contribution is -0.132. The Hall–Kier alpha value is -2.67. The molecule has 3 atom stereocenters. The van der Waals surface area contributed by atoms with Gasteiger partial charge in [-0.15, -0.1) is 0 Å². The van der Waals surface area contributed by atoms with E-state index in [-0.39, 0.29) is 16.7 Å². The van der Waals surface area contributed by atoms with Gasteiger partial charge in [0, 0.05) is 25.5 Å². The molecule has 1 amide bonds. The molecule has 1 aliphatic heterocycles. The van der Waals surface area contributed by atoms with Gasteiger partial charge in [-0.3, -0.25) is 19.1 Å². The third-order valence-electron chi connectivity index (χ3n) is 5.70. The maximum absolute atomic E-state index is 13.3. The highest BCUT2D eigenvalue weighted by molar-refractivity contribution is 8.00. The van der Waals surface area contributed by atoms with Gasteiger partial charge in [0.1, 0.15) is 0 Å². The predicted octanol–water partition coefficient (Wildman–Crippen LogP) is 3.82. The fourth-order valence-electron chi connectivity index (χ4n) is 4.36. The van der Waals surface area contributed by atoms with Crippen molar-refractivity contribution in [2.45, 2.75) is 44.1 Å². The van der Waals surface area contributed by atoms with Gasteiger partial charge in [-0.2, -0.15) is 0 Å². The number of para-hydroxylation sites is 1. The molecule has 0 N–H and O–H groups in total. The van der Waals surface area contributed by atoms with E-state index in [1.165, 1.54) is 11.8 Å². The van der Waals surface area contributed by atoms with Crippen LogP contribution in [-0.4, -0.2) is 43.7 Å². The first-order valence-electron chi connectivity index (χ1n) is 10.8. The van der Waals surface area contributed by atoms with Gasteiger partial charge in [-0.05, 0) is 48.9 Å². The number of hydrogen-bond donors (Lipinski definition) is 0. The van der Waals surface area contributed by atoms with E-state index in [4.69, 9.17) is 4.98 Å². The van der Waals surface area contributed by atoms with Crippen LogP contribution in [0.3, 0.4) is 0 Å². The van der Waals surface area contributed by atoms with E-state index < -0.39 is 0 Å². The number of carbonyl (C=O) groups is 1. The van der Waals surface area contributed by atoms with Crippen LogP contribution in [0.1, 0.15) is 32.8 Å². The van der Waals surface area contributed by atoms with E-state index in [2.05, 4.69) is 18.8 Å². The van der Waals surface area contributed by atoms with E-state index >= 15 is 0 Å². The first-order chi connectivity index (χ1) is 14.9. The van der Waals surface area contributed by atoms with Gasteiger partial charge in [-0.1, -0.05) is 43.8 Å². The lowest BCUT2D eigenvalue weighted by atomic mass is 9.92. The van der Waals surface area contributed by atoms with Crippen molar-refractivity contribution in [3.05, 3.63) is 64.7 Å². The molecule has 0 spiro atoms. The maximum atomic E-state index is 13.3. The Morgan fingerprint density at radius 1 is 1.16 bits per heavy atom. The second-order valence-electron chi connectivity index (χ2n) is 8.61. The Balaban J connectivity index is 1.66. The molecule has 31 heavy (non-hydrogen) atoms. The number of pyridine rings is 1. The van der Waals surface area contributed by atoms with Gasteiger partial charge in [0.2, 0.25) is 5.91 Å². The highest BCUT2D eigenvalue weighted by atomic mass is 32.2.